The van der Waals surface area contributed by atoms with E-state index in [-0.39, 0.29) is 0 Å². The van der Waals surface area contributed by atoms with E-state index in [1.165, 1.54) is 58.6 Å². The molecule has 314 valence electrons. The minimum absolute atomic E-state index is 0.907. The van der Waals surface area contributed by atoms with Crippen LogP contribution >= 0.6 is 11.3 Å². The highest BCUT2D eigenvalue weighted by molar-refractivity contribution is 7.26. The summed E-state index contributed by atoms with van der Waals surface area (Å²) in [5, 5.41) is 8.34. The van der Waals surface area contributed by atoms with Gasteiger partial charge in [0.2, 0.25) is 0 Å². The molecular weight excluding hydrogens is 831 g/mol. The Labute approximate surface area is 392 Å². The predicted octanol–water partition coefficient (Wildman–Crippen LogP) is 18.9. The second-order valence-corrected chi connectivity index (χ2v) is 18.2. The van der Waals surface area contributed by atoms with E-state index in [2.05, 4.69) is 254 Å². The Kier molecular flexibility index (Phi) is 9.40. The molecule has 0 N–H and O–H groups in total. The molecule has 0 unspecified atom stereocenters. The summed E-state index contributed by atoms with van der Waals surface area (Å²) in [4.78, 5) is 2.35. The van der Waals surface area contributed by atoms with E-state index in [0.29, 0.717) is 0 Å². The molecule has 2 heterocycles. The molecule has 13 aromatic rings. The van der Waals surface area contributed by atoms with Gasteiger partial charge in [0.25, 0.3) is 0 Å². The van der Waals surface area contributed by atoms with Crippen LogP contribution in [0.4, 0.5) is 17.1 Å². The predicted molar refractivity (Wildman–Crippen MR) is 286 cm³/mol. The van der Waals surface area contributed by atoms with Gasteiger partial charge in [-0.25, -0.2) is 0 Å². The Bertz CT molecular complexity index is 3850. The van der Waals surface area contributed by atoms with Gasteiger partial charge in [-0.3, -0.25) is 0 Å². The zero-order valence-electron chi connectivity index (χ0n) is 36.4. The van der Waals surface area contributed by atoms with Crippen LogP contribution < -0.4 is 4.90 Å². The third-order valence-corrected chi connectivity index (χ3v) is 14.5. The van der Waals surface area contributed by atoms with Crippen LogP contribution in [-0.2, 0) is 0 Å². The number of benzene rings is 11. The molecule has 67 heavy (non-hydrogen) atoms. The van der Waals surface area contributed by atoms with Gasteiger partial charge in [0, 0.05) is 59.1 Å². The fraction of sp³-hybridized carbons (Fsp3) is 0. The van der Waals surface area contributed by atoms with Gasteiger partial charge in [0.05, 0.1) is 0 Å². The Morgan fingerprint density at radius 1 is 0.313 bits per heavy atom. The summed E-state index contributed by atoms with van der Waals surface area (Å²) >= 11 is 1.84. The molecular formula is C64H41NOS. The quantitative estimate of drug-likeness (QED) is 0.141. The first-order chi connectivity index (χ1) is 33.2. The first-order valence-electron chi connectivity index (χ1n) is 22.8. The fourth-order valence-electron chi connectivity index (χ4n) is 10.1. The van der Waals surface area contributed by atoms with Crippen LogP contribution in [-0.4, -0.2) is 0 Å². The SMILES string of the molecule is c1ccc(-c2ccc(N(c3ccc(-c4ccccc4)cc3)c3ccc(-c4ccc5c(c4)c4ccccc4c4oc(-c6cccc7c6sc6ccccc67)c(-c6ccccc6)c54)cc3)cc2)cc1. The summed E-state index contributed by atoms with van der Waals surface area (Å²) in [6, 6.07) is 89.8. The molecule has 0 saturated heterocycles. The van der Waals surface area contributed by atoms with Crippen LogP contribution in [0, 0.1) is 0 Å². The van der Waals surface area contributed by atoms with Crippen molar-refractivity contribution in [1.82, 2.24) is 0 Å². The Hall–Kier alpha value is -8.50. The molecule has 0 spiro atoms. The first kappa shape index (κ1) is 38.9. The summed E-state index contributed by atoms with van der Waals surface area (Å²) < 4.78 is 9.77. The molecule has 0 amide bonds. The van der Waals surface area contributed by atoms with Crippen LogP contribution in [0.1, 0.15) is 0 Å². The molecule has 0 radical (unpaired) electrons. The smallest absolute Gasteiger partial charge is 0.144 e. The molecule has 13 rings (SSSR count). The third-order valence-electron chi connectivity index (χ3n) is 13.3. The first-order valence-corrected chi connectivity index (χ1v) is 23.6. The molecule has 0 aliphatic carbocycles. The standard InChI is InChI=1S/C64H41NOS/c1-4-15-42(16-5-1)44-27-34-49(35-28-44)65(50-36-29-45(30-37-50)43-17-6-2-7-18-43)51-38-31-46(32-39-51)48-33-40-54-58(41-48)52-21-10-11-23-55(52)62-61(54)60(47-19-8-3-9-20-47)63(66-62)57-25-14-24-56-53-22-12-13-26-59(53)67-64(56)57/h1-41H. The fourth-order valence-corrected chi connectivity index (χ4v) is 11.3. The minimum atomic E-state index is 0.907. The molecule has 0 aliphatic heterocycles. The minimum Gasteiger partial charge on any atom is -0.455 e. The third kappa shape index (κ3) is 6.71. The van der Waals surface area contributed by atoms with E-state index >= 15 is 0 Å². The number of furan rings is 1. The lowest BCUT2D eigenvalue weighted by atomic mass is 9.90. The lowest BCUT2D eigenvalue weighted by Gasteiger charge is -2.26. The van der Waals surface area contributed by atoms with Gasteiger partial charge >= 0.3 is 0 Å². The maximum atomic E-state index is 7.25. The van der Waals surface area contributed by atoms with Crippen LogP contribution in [0.25, 0.3) is 109 Å². The van der Waals surface area contributed by atoms with Crippen LogP contribution in [0.3, 0.4) is 0 Å². The van der Waals surface area contributed by atoms with E-state index < -0.39 is 0 Å². The maximum absolute atomic E-state index is 7.25. The number of anilines is 3. The van der Waals surface area contributed by atoms with Gasteiger partial charge in [0.1, 0.15) is 11.3 Å². The molecule has 0 aliphatic rings. The van der Waals surface area contributed by atoms with Gasteiger partial charge in [-0.15, -0.1) is 11.3 Å². The topological polar surface area (TPSA) is 16.4 Å². The number of rotatable bonds is 8. The highest BCUT2D eigenvalue weighted by atomic mass is 32.1. The summed E-state index contributed by atoms with van der Waals surface area (Å²) in [6.07, 6.45) is 0. The number of hydrogen-bond donors (Lipinski definition) is 0. The average molecular weight is 872 g/mol. The molecule has 0 fully saturated rings. The van der Waals surface area contributed by atoms with Crippen molar-refractivity contribution in [2.24, 2.45) is 0 Å². The Balaban J connectivity index is 0.945. The van der Waals surface area contributed by atoms with E-state index in [9.17, 15) is 0 Å². The highest BCUT2D eigenvalue weighted by Gasteiger charge is 2.25. The van der Waals surface area contributed by atoms with Crippen molar-refractivity contribution < 1.29 is 4.42 Å². The summed E-state index contributed by atoms with van der Waals surface area (Å²) in [6.45, 7) is 0. The van der Waals surface area contributed by atoms with Crippen LogP contribution in [0.15, 0.2) is 253 Å². The molecule has 3 heteroatoms. The van der Waals surface area contributed by atoms with Crippen molar-refractivity contribution in [3.63, 3.8) is 0 Å². The summed E-state index contributed by atoms with van der Waals surface area (Å²) in [7, 11) is 0. The van der Waals surface area contributed by atoms with E-state index in [1.54, 1.807) is 0 Å². The van der Waals surface area contributed by atoms with Crippen molar-refractivity contribution >= 4 is 81.1 Å². The van der Waals surface area contributed by atoms with E-state index in [4.69, 9.17) is 4.42 Å². The maximum Gasteiger partial charge on any atom is 0.144 e. The Morgan fingerprint density at radius 3 is 1.37 bits per heavy atom. The van der Waals surface area contributed by atoms with Gasteiger partial charge in [-0.2, -0.15) is 0 Å². The normalized spacial score (nSPS) is 11.6. The van der Waals surface area contributed by atoms with Gasteiger partial charge in [0.15, 0.2) is 0 Å². The van der Waals surface area contributed by atoms with Crippen molar-refractivity contribution in [1.29, 1.82) is 0 Å². The molecule has 2 aromatic heterocycles. The van der Waals surface area contributed by atoms with Crippen molar-refractivity contribution in [3.8, 4) is 55.8 Å². The molecule has 0 saturated carbocycles. The van der Waals surface area contributed by atoms with Crippen molar-refractivity contribution in [3.05, 3.63) is 249 Å². The number of thiophene rings is 1. The second kappa shape index (κ2) is 16.2. The van der Waals surface area contributed by atoms with Gasteiger partial charge in [-0.1, -0.05) is 194 Å². The largest absolute Gasteiger partial charge is 0.455 e. The molecule has 11 aromatic carbocycles. The van der Waals surface area contributed by atoms with Crippen molar-refractivity contribution in [2.75, 3.05) is 4.90 Å². The average Bonchev–Trinajstić information content (AvgIpc) is 4.00. The lowest BCUT2D eigenvalue weighted by Crippen LogP contribution is -2.09. The zero-order chi connectivity index (χ0) is 44.3. The second-order valence-electron chi connectivity index (χ2n) is 17.2. The number of fused-ring (bicyclic) bond motifs is 9. The van der Waals surface area contributed by atoms with Crippen LogP contribution in [0.5, 0.6) is 0 Å². The Morgan fingerprint density at radius 2 is 0.776 bits per heavy atom. The van der Waals surface area contributed by atoms with E-state index in [1.807, 2.05) is 11.3 Å². The van der Waals surface area contributed by atoms with Crippen molar-refractivity contribution in [2.45, 2.75) is 0 Å². The summed E-state index contributed by atoms with van der Waals surface area (Å²) in [5.74, 6) is 0.907. The van der Waals surface area contributed by atoms with E-state index in [0.717, 1.165) is 67.0 Å². The molecule has 0 bridgehead atoms. The summed E-state index contributed by atoms with van der Waals surface area (Å²) in [5.41, 5.74) is 14.7. The number of nitrogens with zero attached hydrogens (tertiary/aromatic N) is 1. The monoisotopic (exact) mass is 871 g/mol. The van der Waals surface area contributed by atoms with Gasteiger partial charge < -0.3 is 9.32 Å². The lowest BCUT2D eigenvalue weighted by molar-refractivity contribution is 0.637. The molecule has 2 nitrogen and oxygen atoms in total. The number of hydrogen-bond acceptors (Lipinski definition) is 3. The zero-order valence-corrected chi connectivity index (χ0v) is 37.3. The highest BCUT2D eigenvalue weighted by Crippen LogP contribution is 2.50. The van der Waals surface area contributed by atoms with Gasteiger partial charge in [-0.05, 0) is 110 Å². The molecule has 0 atom stereocenters. The van der Waals surface area contributed by atoms with Crippen LogP contribution in [0.2, 0.25) is 0 Å².